The molecule has 2 heterocycles. The van der Waals surface area contributed by atoms with Crippen LogP contribution in [0.25, 0.3) is 0 Å². The lowest BCUT2D eigenvalue weighted by Crippen LogP contribution is -2.50. The van der Waals surface area contributed by atoms with Crippen LogP contribution in [-0.2, 0) is 9.53 Å². The van der Waals surface area contributed by atoms with E-state index >= 15 is 0 Å². The van der Waals surface area contributed by atoms with E-state index in [1.807, 2.05) is 4.90 Å². The molecule has 0 aromatic heterocycles. The number of piperidine rings is 1. The van der Waals surface area contributed by atoms with Crippen LogP contribution in [0.15, 0.2) is 0 Å². The second kappa shape index (κ2) is 9.79. The van der Waals surface area contributed by atoms with Crippen molar-refractivity contribution in [2.45, 2.75) is 38.3 Å². The molecule has 2 aliphatic heterocycles. The molecule has 1 amide bonds. The Bertz CT molecular complexity index is 291. The van der Waals surface area contributed by atoms with Crippen LogP contribution >= 0.6 is 24.8 Å². The van der Waals surface area contributed by atoms with Crippen molar-refractivity contribution in [3.05, 3.63) is 0 Å². The maximum Gasteiger partial charge on any atom is 0.225 e. The SMILES string of the molecule is CC1CCN(C(=O)CCOC2CNC2)C(CN)C1.Cl.Cl. The molecule has 3 N–H and O–H groups in total. The number of hydrogen-bond donors (Lipinski definition) is 2. The molecule has 0 aliphatic carbocycles. The lowest BCUT2D eigenvalue weighted by molar-refractivity contribution is -0.137. The number of hydrogen-bond acceptors (Lipinski definition) is 4. The number of carbonyl (C=O) groups excluding carboxylic acids is 1. The highest BCUT2D eigenvalue weighted by atomic mass is 35.5. The summed E-state index contributed by atoms with van der Waals surface area (Å²) in [6, 6.07) is 0.228. The van der Waals surface area contributed by atoms with Crippen LogP contribution in [0.4, 0.5) is 0 Å². The van der Waals surface area contributed by atoms with Crippen molar-refractivity contribution in [1.82, 2.24) is 10.2 Å². The maximum absolute atomic E-state index is 12.1. The number of amides is 1. The molecular weight excluding hydrogens is 301 g/mol. The fourth-order valence-electron chi connectivity index (χ4n) is 2.64. The van der Waals surface area contributed by atoms with E-state index in [9.17, 15) is 4.79 Å². The predicted octanol–water partition coefficient (Wildman–Crippen LogP) is 0.794. The standard InChI is InChI=1S/C13H25N3O2.2ClH/c1-10-2-4-16(11(6-10)7-14)13(17)3-5-18-12-8-15-9-12;;/h10-12,15H,2-9,14H2,1H3;2*1H. The molecule has 5 nitrogen and oxygen atoms in total. The molecule has 2 unspecified atom stereocenters. The number of carbonyl (C=O) groups is 1. The Hall–Kier alpha value is -0.0700. The second-order valence-electron chi connectivity index (χ2n) is 5.51. The van der Waals surface area contributed by atoms with Crippen molar-refractivity contribution >= 4 is 30.7 Å². The van der Waals surface area contributed by atoms with Gasteiger partial charge in [0.1, 0.15) is 0 Å². The number of halogens is 2. The Kier molecular flexibility index (Phi) is 9.76. The van der Waals surface area contributed by atoms with Crippen LogP contribution in [0.2, 0.25) is 0 Å². The third kappa shape index (κ3) is 5.37. The van der Waals surface area contributed by atoms with Crippen molar-refractivity contribution in [2.75, 3.05) is 32.8 Å². The molecule has 0 spiro atoms. The average Bonchev–Trinajstić information content (AvgIpc) is 2.31. The van der Waals surface area contributed by atoms with Gasteiger partial charge in [0.2, 0.25) is 5.91 Å². The third-order valence-corrected chi connectivity index (χ3v) is 3.98. The van der Waals surface area contributed by atoms with Crippen LogP contribution in [0.5, 0.6) is 0 Å². The number of nitrogens with zero attached hydrogens (tertiary/aromatic N) is 1. The fourth-order valence-corrected chi connectivity index (χ4v) is 2.64. The summed E-state index contributed by atoms with van der Waals surface area (Å²) in [5.74, 6) is 0.879. The van der Waals surface area contributed by atoms with Gasteiger partial charge in [0.15, 0.2) is 0 Å². The maximum atomic E-state index is 12.1. The first kappa shape index (κ1) is 19.9. The van der Waals surface area contributed by atoms with Crippen molar-refractivity contribution in [1.29, 1.82) is 0 Å². The summed E-state index contributed by atoms with van der Waals surface area (Å²) in [6.45, 7) is 6.03. The monoisotopic (exact) mass is 327 g/mol. The highest BCUT2D eigenvalue weighted by Crippen LogP contribution is 2.22. The summed E-state index contributed by atoms with van der Waals surface area (Å²) < 4.78 is 5.59. The Morgan fingerprint density at radius 3 is 2.65 bits per heavy atom. The highest BCUT2D eigenvalue weighted by molar-refractivity contribution is 5.85. The molecule has 2 rings (SSSR count). The fraction of sp³-hybridized carbons (Fsp3) is 0.923. The van der Waals surface area contributed by atoms with Gasteiger partial charge in [-0.05, 0) is 18.8 Å². The number of likely N-dealkylation sites (tertiary alicyclic amines) is 1. The summed E-state index contributed by atoms with van der Waals surface area (Å²) in [7, 11) is 0. The lowest BCUT2D eigenvalue weighted by Gasteiger charge is -2.38. The van der Waals surface area contributed by atoms with E-state index in [1.165, 1.54) is 0 Å². The van der Waals surface area contributed by atoms with Crippen LogP contribution in [0.3, 0.4) is 0 Å². The molecular formula is C13H27Cl2N3O2. The second-order valence-corrected chi connectivity index (χ2v) is 5.51. The van der Waals surface area contributed by atoms with Gasteiger partial charge in [0, 0.05) is 32.2 Å². The van der Waals surface area contributed by atoms with Gasteiger partial charge in [-0.15, -0.1) is 24.8 Å². The zero-order valence-electron chi connectivity index (χ0n) is 12.0. The Morgan fingerprint density at radius 1 is 1.40 bits per heavy atom. The van der Waals surface area contributed by atoms with Gasteiger partial charge in [0.05, 0.1) is 19.1 Å². The van der Waals surface area contributed by atoms with Gasteiger partial charge in [-0.3, -0.25) is 4.79 Å². The smallest absolute Gasteiger partial charge is 0.225 e. The molecule has 120 valence electrons. The van der Waals surface area contributed by atoms with Gasteiger partial charge in [-0.25, -0.2) is 0 Å². The van der Waals surface area contributed by atoms with Crippen molar-refractivity contribution < 1.29 is 9.53 Å². The van der Waals surface area contributed by atoms with Gasteiger partial charge in [-0.2, -0.15) is 0 Å². The Morgan fingerprint density at radius 2 is 2.10 bits per heavy atom. The van der Waals surface area contributed by atoms with E-state index < -0.39 is 0 Å². The number of nitrogens with one attached hydrogen (secondary N) is 1. The van der Waals surface area contributed by atoms with E-state index in [4.69, 9.17) is 10.5 Å². The van der Waals surface area contributed by atoms with Crippen molar-refractivity contribution in [3.8, 4) is 0 Å². The van der Waals surface area contributed by atoms with Crippen molar-refractivity contribution in [3.63, 3.8) is 0 Å². The number of rotatable bonds is 5. The molecule has 2 aliphatic rings. The molecule has 0 bridgehead atoms. The van der Waals surface area contributed by atoms with Gasteiger partial charge in [0.25, 0.3) is 0 Å². The minimum Gasteiger partial charge on any atom is -0.375 e. The zero-order chi connectivity index (χ0) is 13.0. The summed E-state index contributed by atoms with van der Waals surface area (Å²) in [6.07, 6.45) is 2.93. The molecule has 0 aromatic rings. The summed E-state index contributed by atoms with van der Waals surface area (Å²) >= 11 is 0. The van der Waals surface area contributed by atoms with Crippen LogP contribution in [-0.4, -0.2) is 55.7 Å². The minimum absolute atomic E-state index is 0. The first-order chi connectivity index (χ1) is 8.70. The zero-order valence-corrected chi connectivity index (χ0v) is 13.7. The molecule has 2 saturated heterocycles. The predicted molar refractivity (Wildman–Crippen MR) is 84.7 cm³/mol. The van der Waals surface area contributed by atoms with Gasteiger partial charge in [-0.1, -0.05) is 6.92 Å². The van der Waals surface area contributed by atoms with Crippen LogP contribution in [0, 0.1) is 5.92 Å². The lowest BCUT2D eigenvalue weighted by atomic mass is 9.92. The van der Waals surface area contributed by atoms with E-state index in [-0.39, 0.29) is 36.8 Å². The molecule has 0 radical (unpaired) electrons. The normalized spacial score (nSPS) is 26.2. The average molecular weight is 328 g/mol. The summed E-state index contributed by atoms with van der Waals surface area (Å²) in [4.78, 5) is 14.1. The van der Waals surface area contributed by atoms with E-state index in [0.29, 0.717) is 31.6 Å². The van der Waals surface area contributed by atoms with E-state index in [2.05, 4.69) is 12.2 Å². The molecule has 2 fully saturated rings. The number of nitrogens with two attached hydrogens (primary N) is 1. The molecule has 0 saturated carbocycles. The summed E-state index contributed by atoms with van der Waals surface area (Å²) in [5.41, 5.74) is 5.77. The molecule has 20 heavy (non-hydrogen) atoms. The highest BCUT2D eigenvalue weighted by Gasteiger charge is 2.28. The van der Waals surface area contributed by atoms with Gasteiger partial charge >= 0.3 is 0 Å². The molecule has 2 atom stereocenters. The first-order valence-electron chi connectivity index (χ1n) is 7.02. The topological polar surface area (TPSA) is 67.6 Å². The Balaban J connectivity index is 0.00000180. The summed E-state index contributed by atoms with van der Waals surface area (Å²) in [5, 5.41) is 3.15. The van der Waals surface area contributed by atoms with Crippen LogP contribution < -0.4 is 11.1 Å². The van der Waals surface area contributed by atoms with Crippen molar-refractivity contribution in [2.24, 2.45) is 11.7 Å². The third-order valence-electron chi connectivity index (χ3n) is 3.98. The number of ether oxygens (including phenoxy) is 1. The molecule has 0 aromatic carbocycles. The molecule has 7 heteroatoms. The minimum atomic E-state index is 0. The van der Waals surface area contributed by atoms with Gasteiger partial charge < -0.3 is 20.7 Å². The largest absolute Gasteiger partial charge is 0.375 e. The van der Waals surface area contributed by atoms with E-state index in [0.717, 1.165) is 32.5 Å². The first-order valence-corrected chi connectivity index (χ1v) is 7.02. The van der Waals surface area contributed by atoms with E-state index in [1.54, 1.807) is 0 Å². The van der Waals surface area contributed by atoms with Crippen LogP contribution in [0.1, 0.15) is 26.2 Å². The quantitative estimate of drug-likeness (QED) is 0.783. The Labute approximate surface area is 133 Å².